The molecule has 1 aromatic rings. The third-order valence-electron chi connectivity index (χ3n) is 2.42. The lowest BCUT2D eigenvalue weighted by molar-refractivity contribution is 0.171. The zero-order valence-corrected chi connectivity index (χ0v) is 9.81. The number of benzene rings is 1. The number of sulfonamides is 1. The smallest absolute Gasteiger partial charge is 0.413 e. The molecule has 90 valence electrons. The second-order valence-electron chi connectivity index (χ2n) is 3.41. The second-order valence-corrected chi connectivity index (χ2v) is 4.99. The zero-order valence-electron chi connectivity index (χ0n) is 8.99. The summed E-state index contributed by atoms with van der Waals surface area (Å²) in [6.07, 6.45) is -1.22. The fourth-order valence-corrected chi connectivity index (χ4v) is 2.87. The maximum atomic E-state index is 11.7. The fourth-order valence-electron chi connectivity index (χ4n) is 1.66. The molecule has 1 aliphatic rings. The molecule has 1 heterocycles. The number of carbonyl (C=O) groups is 1. The van der Waals surface area contributed by atoms with Crippen LogP contribution in [-0.2, 0) is 10.0 Å². The first-order chi connectivity index (χ1) is 7.97. The van der Waals surface area contributed by atoms with Gasteiger partial charge in [-0.2, -0.15) is 8.42 Å². The van der Waals surface area contributed by atoms with Crippen molar-refractivity contribution in [2.75, 3.05) is 6.54 Å². The highest BCUT2D eigenvalue weighted by Crippen LogP contribution is 2.27. The summed E-state index contributed by atoms with van der Waals surface area (Å²) in [7, 11) is -3.76. The molecule has 0 radical (unpaired) electrons. The number of nitrogens with zero attached hydrogens (tertiary/aromatic N) is 2. The van der Waals surface area contributed by atoms with Crippen molar-refractivity contribution in [1.82, 2.24) is 4.90 Å². The van der Waals surface area contributed by atoms with Crippen LogP contribution in [0.25, 0.3) is 0 Å². The van der Waals surface area contributed by atoms with Gasteiger partial charge in [0, 0.05) is 12.1 Å². The van der Waals surface area contributed by atoms with E-state index in [1.165, 1.54) is 6.07 Å². The number of amidine groups is 1. The van der Waals surface area contributed by atoms with Gasteiger partial charge in [-0.1, -0.05) is 12.1 Å². The Morgan fingerprint density at radius 1 is 1.41 bits per heavy atom. The Morgan fingerprint density at radius 3 is 2.65 bits per heavy atom. The van der Waals surface area contributed by atoms with Crippen LogP contribution in [0.15, 0.2) is 33.6 Å². The van der Waals surface area contributed by atoms with Crippen molar-refractivity contribution in [3.8, 4) is 0 Å². The van der Waals surface area contributed by atoms with Crippen molar-refractivity contribution in [3.63, 3.8) is 0 Å². The van der Waals surface area contributed by atoms with Gasteiger partial charge in [0.15, 0.2) is 5.84 Å². The van der Waals surface area contributed by atoms with E-state index in [4.69, 9.17) is 5.11 Å². The van der Waals surface area contributed by atoms with Crippen LogP contribution in [0, 0.1) is 0 Å². The molecule has 0 aliphatic carbocycles. The number of amides is 1. The predicted molar refractivity (Wildman–Crippen MR) is 60.6 cm³/mol. The van der Waals surface area contributed by atoms with Gasteiger partial charge < -0.3 is 5.11 Å². The number of fused-ring (bicyclic) bond motifs is 1. The molecule has 17 heavy (non-hydrogen) atoms. The van der Waals surface area contributed by atoms with Crippen LogP contribution in [0.5, 0.6) is 0 Å². The minimum atomic E-state index is -3.76. The Morgan fingerprint density at radius 2 is 2.06 bits per heavy atom. The van der Waals surface area contributed by atoms with Crippen molar-refractivity contribution in [3.05, 3.63) is 29.8 Å². The third-order valence-corrected chi connectivity index (χ3v) is 3.74. The Bertz CT molecular complexity index is 606. The van der Waals surface area contributed by atoms with Gasteiger partial charge in [0.1, 0.15) is 4.90 Å². The van der Waals surface area contributed by atoms with Crippen LogP contribution in [-0.4, -0.2) is 36.9 Å². The first-order valence-electron chi connectivity index (χ1n) is 4.92. The van der Waals surface area contributed by atoms with E-state index in [1.54, 1.807) is 25.1 Å². The van der Waals surface area contributed by atoms with Gasteiger partial charge in [0.25, 0.3) is 10.0 Å². The van der Waals surface area contributed by atoms with Gasteiger partial charge in [0.05, 0.1) is 0 Å². The largest absolute Gasteiger partial charge is 0.465 e. The SMILES string of the molecule is CCN(C(=O)O)C1=NS(=O)(=O)c2ccccc21. The van der Waals surface area contributed by atoms with Gasteiger partial charge in [-0.15, -0.1) is 4.40 Å². The first kappa shape index (κ1) is 11.6. The molecule has 1 amide bonds. The van der Waals surface area contributed by atoms with E-state index < -0.39 is 16.1 Å². The summed E-state index contributed by atoms with van der Waals surface area (Å²) in [5, 5.41) is 8.98. The second kappa shape index (κ2) is 3.85. The highest BCUT2D eigenvalue weighted by Gasteiger charge is 2.33. The van der Waals surface area contributed by atoms with Crippen LogP contribution in [0.1, 0.15) is 12.5 Å². The number of rotatable bonds is 1. The maximum absolute atomic E-state index is 11.7. The molecule has 1 aliphatic heterocycles. The van der Waals surface area contributed by atoms with E-state index >= 15 is 0 Å². The zero-order chi connectivity index (χ0) is 12.6. The lowest BCUT2D eigenvalue weighted by Crippen LogP contribution is -2.35. The first-order valence-corrected chi connectivity index (χ1v) is 6.36. The number of hydrogen-bond donors (Lipinski definition) is 1. The average molecular weight is 254 g/mol. The molecule has 7 heteroatoms. The third kappa shape index (κ3) is 1.78. The molecule has 0 saturated heterocycles. The lowest BCUT2D eigenvalue weighted by atomic mass is 10.2. The monoisotopic (exact) mass is 254 g/mol. The molecule has 2 rings (SSSR count). The Labute approximate surface area is 98.3 Å². The van der Waals surface area contributed by atoms with Crippen molar-refractivity contribution in [1.29, 1.82) is 0 Å². The van der Waals surface area contributed by atoms with Crippen LogP contribution < -0.4 is 0 Å². The molecule has 0 saturated carbocycles. The van der Waals surface area contributed by atoms with E-state index in [1.807, 2.05) is 0 Å². The number of carboxylic acid groups (broad SMARTS) is 1. The van der Waals surface area contributed by atoms with E-state index in [0.29, 0.717) is 5.56 Å². The quantitative estimate of drug-likeness (QED) is 0.814. The fraction of sp³-hybridized carbons (Fsp3) is 0.200. The van der Waals surface area contributed by atoms with Gasteiger partial charge in [-0.3, -0.25) is 4.90 Å². The van der Waals surface area contributed by atoms with Gasteiger partial charge in [-0.25, -0.2) is 4.79 Å². The lowest BCUT2D eigenvalue weighted by Gasteiger charge is -2.16. The Kier molecular flexibility index (Phi) is 2.62. The van der Waals surface area contributed by atoms with Crippen molar-refractivity contribution in [2.45, 2.75) is 11.8 Å². The Hall–Kier alpha value is -1.89. The van der Waals surface area contributed by atoms with Crippen molar-refractivity contribution < 1.29 is 18.3 Å². The topological polar surface area (TPSA) is 87.0 Å². The predicted octanol–water partition coefficient (Wildman–Crippen LogP) is 1.14. The molecule has 0 bridgehead atoms. The van der Waals surface area contributed by atoms with Crippen LogP contribution in [0.4, 0.5) is 4.79 Å². The molecule has 0 fully saturated rings. The minimum absolute atomic E-state index is 0.0319. The van der Waals surface area contributed by atoms with E-state index in [2.05, 4.69) is 4.40 Å². The van der Waals surface area contributed by atoms with Gasteiger partial charge in [-0.05, 0) is 19.1 Å². The van der Waals surface area contributed by atoms with Crippen LogP contribution in [0.3, 0.4) is 0 Å². The normalized spacial score (nSPS) is 16.2. The molecule has 1 N–H and O–H groups in total. The highest BCUT2D eigenvalue weighted by molar-refractivity contribution is 7.90. The molecule has 0 spiro atoms. The number of hydrogen-bond acceptors (Lipinski definition) is 3. The van der Waals surface area contributed by atoms with Crippen LogP contribution >= 0.6 is 0 Å². The molecule has 1 aromatic carbocycles. The molecule has 0 aromatic heterocycles. The van der Waals surface area contributed by atoms with Gasteiger partial charge in [0.2, 0.25) is 0 Å². The van der Waals surface area contributed by atoms with E-state index in [-0.39, 0.29) is 17.3 Å². The Balaban J connectivity index is 2.62. The van der Waals surface area contributed by atoms with Crippen molar-refractivity contribution in [2.24, 2.45) is 4.40 Å². The summed E-state index contributed by atoms with van der Waals surface area (Å²) in [5.41, 5.74) is 0.330. The van der Waals surface area contributed by atoms with Crippen LogP contribution in [0.2, 0.25) is 0 Å². The molecule has 0 atom stereocenters. The minimum Gasteiger partial charge on any atom is -0.465 e. The maximum Gasteiger partial charge on any atom is 0.413 e. The summed E-state index contributed by atoms with van der Waals surface area (Å²) in [4.78, 5) is 11.9. The van der Waals surface area contributed by atoms with Crippen molar-refractivity contribution >= 4 is 22.0 Å². The van der Waals surface area contributed by atoms with E-state index in [9.17, 15) is 13.2 Å². The molecular formula is C10H10N2O4S. The summed E-state index contributed by atoms with van der Waals surface area (Å²) in [5.74, 6) is -0.0319. The average Bonchev–Trinajstić information content (AvgIpc) is 2.53. The summed E-state index contributed by atoms with van der Waals surface area (Å²) >= 11 is 0. The molecular weight excluding hydrogens is 244 g/mol. The summed E-state index contributed by atoms with van der Waals surface area (Å²) in [6, 6.07) is 6.18. The molecule has 0 unspecified atom stereocenters. The standard InChI is InChI=1S/C10H10N2O4S/c1-2-12(10(13)14)9-7-5-3-4-6-8(7)17(15,16)11-9/h3-6H,2H2,1H3,(H,13,14). The van der Waals surface area contributed by atoms with E-state index in [0.717, 1.165) is 4.90 Å². The molecule has 6 nitrogen and oxygen atoms in total. The van der Waals surface area contributed by atoms with Gasteiger partial charge >= 0.3 is 6.09 Å². The summed E-state index contributed by atoms with van der Waals surface area (Å²) in [6.45, 7) is 1.75. The highest BCUT2D eigenvalue weighted by atomic mass is 32.2. The summed E-state index contributed by atoms with van der Waals surface area (Å²) < 4.78 is 26.9.